The third kappa shape index (κ3) is 5.40. The van der Waals surface area contributed by atoms with Crippen LogP contribution in [0.5, 0.6) is 5.75 Å². The molecular weight excluding hydrogens is 710 g/mol. The van der Waals surface area contributed by atoms with E-state index in [0.717, 1.165) is 67.7 Å². The SMILES string of the molecule is CC(C)Cc1cc(-c2cccc(-n3c4ccccc4c4cccnc43)n2)[c-]c(-c2cccc(-c3ccccc3)c2O)c1.[Pt]. The van der Waals surface area contributed by atoms with Crippen LogP contribution in [0, 0.1) is 12.0 Å². The molecule has 5 heteroatoms. The molecule has 0 aliphatic rings. The predicted molar refractivity (Wildman–Crippen MR) is 172 cm³/mol. The van der Waals surface area contributed by atoms with Crippen molar-refractivity contribution < 1.29 is 26.2 Å². The number of phenolic OH excluding ortho intramolecular Hbond substituents is 1. The zero-order valence-electron chi connectivity index (χ0n) is 23.9. The fraction of sp³-hybridized carbons (Fsp3) is 0.105. The van der Waals surface area contributed by atoms with Crippen molar-refractivity contribution in [2.75, 3.05) is 0 Å². The van der Waals surface area contributed by atoms with Crippen molar-refractivity contribution in [2.24, 2.45) is 5.92 Å². The Hall–Kier alpha value is -4.53. The fourth-order valence-electron chi connectivity index (χ4n) is 5.84. The maximum atomic E-state index is 11.5. The number of benzene rings is 4. The van der Waals surface area contributed by atoms with Gasteiger partial charge in [0.2, 0.25) is 0 Å². The van der Waals surface area contributed by atoms with E-state index < -0.39 is 0 Å². The van der Waals surface area contributed by atoms with Gasteiger partial charge in [-0.2, -0.15) is 0 Å². The summed E-state index contributed by atoms with van der Waals surface area (Å²) >= 11 is 0. The molecule has 0 atom stereocenters. The van der Waals surface area contributed by atoms with Crippen molar-refractivity contribution in [3.8, 4) is 45.1 Å². The molecule has 0 aliphatic heterocycles. The van der Waals surface area contributed by atoms with Crippen LogP contribution < -0.4 is 0 Å². The van der Waals surface area contributed by atoms with E-state index in [1.54, 1.807) is 0 Å². The number of nitrogens with zero attached hydrogens (tertiary/aromatic N) is 3. The van der Waals surface area contributed by atoms with Gasteiger partial charge in [-0.15, -0.1) is 29.3 Å². The topological polar surface area (TPSA) is 50.9 Å². The Morgan fingerprint density at radius 3 is 2.30 bits per heavy atom. The summed E-state index contributed by atoms with van der Waals surface area (Å²) < 4.78 is 2.13. The molecule has 0 amide bonds. The van der Waals surface area contributed by atoms with Crippen LogP contribution >= 0.6 is 0 Å². The van der Waals surface area contributed by atoms with Gasteiger partial charge in [-0.05, 0) is 47.7 Å². The third-order valence-electron chi connectivity index (χ3n) is 7.66. The molecule has 3 heterocycles. The average molecular weight is 740 g/mol. The largest absolute Gasteiger partial charge is 0.515 e. The minimum Gasteiger partial charge on any atom is -0.515 e. The van der Waals surface area contributed by atoms with Crippen molar-refractivity contribution in [1.82, 2.24) is 14.5 Å². The monoisotopic (exact) mass is 739 g/mol. The summed E-state index contributed by atoms with van der Waals surface area (Å²) in [7, 11) is 0. The van der Waals surface area contributed by atoms with E-state index in [1.165, 1.54) is 5.56 Å². The molecule has 4 aromatic carbocycles. The van der Waals surface area contributed by atoms with Gasteiger partial charge in [0.05, 0.1) is 11.3 Å². The maximum Gasteiger partial charge on any atom is 0.146 e. The number of pyridine rings is 2. The van der Waals surface area contributed by atoms with Crippen molar-refractivity contribution in [3.63, 3.8) is 0 Å². The van der Waals surface area contributed by atoms with Crippen LogP contribution in [-0.4, -0.2) is 19.6 Å². The summed E-state index contributed by atoms with van der Waals surface area (Å²) in [5.74, 6) is 1.53. The van der Waals surface area contributed by atoms with Crippen LogP contribution in [0.1, 0.15) is 19.4 Å². The Bertz CT molecular complexity index is 2010. The Labute approximate surface area is 266 Å². The van der Waals surface area contributed by atoms with E-state index >= 15 is 0 Å². The molecule has 43 heavy (non-hydrogen) atoms. The normalized spacial score (nSPS) is 11.2. The zero-order valence-corrected chi connectivity index (χ0v) is 26.2. The van der Waals surface area contributed by atoms with Gasteiger partial charge in [0.25, 0.3) is 0 Å². The zero-order chi connectivity index (χ0) is 28.6. The van der Waals surface area contributed by atoms with Crippen LogP contribution in [0.3, 0.4) is 0 Å². The summed E-state index contributed by atoms with van der Waals surface area (Å²) in [6.07, 6.45) is 2.73. The van der Waals surface area contributed by atoms with E-state index in [-0.39, 0.29) is 26.8 Å². The van der Waals surface area contributed by atoms with Gasteiger partial charge in [-0.1, -0.05) is 98.3 Å². The number of aromatic hydroxyl groups is 1. The van der Waals surface area contributed by atoms with Crippen LogP contribution in [0.2, 0.25) is 0 Å². The molecule has 3 aromatic heterocycles. The second-order valence-electron chi connectivity index (χ2n) is 11.1. The van der Waals surface area contributed by atoms with Gasteiger partial charge in [-0.25, -0.2) is 4.98 Å². The van der Waals surface area contributed by atoms with E-state index in [4.69, 9.17) is 9.97 Å². The molecule has 0 unspecified atom stereocenters. The molecule has 1 N–H and O–H groups in total. The molecule has 0 bridgehead atoms. The van der Waals surface area contributed by atoms with Crippen LogP contribution in [0.25, 0.3) is 61.3 Å². The number of aromatic nitrogens is 3. The first kappa shape index (κ1) is 28.6. The first-order valence-corrected chi connectivity index (χ1v) is 14.3. The predicted octanol–water partition coefficient (Wildman–Crippen LogP) is 9.28. The smallest absolute Gasteiger partial charge is 0.146 e. The van der Waals surface area contributed by atoms with E-state index in [0.29, 0.717) is 5.92 Å². The van der Waals surface area contributed by atoms with Gasteiger partial charge < -0.3 is 5.11 Å². The van der Waals surface area contributed by atoms with Crippen LogP contribution in [0.15, 0.2) is 121 Å². The van der Waals surface area contributed by atoms with E-state index in [1.807, 2.05) is 85.1 Å². The molecule has 0 fully saturated rings. The van der Waals surface area contributed by atoms with E-state index in [2.05, 4.69) is 60.9 Å². The van der Waals surface area contributed by atoms with Gasteiger partial charge in [0.1, 0.15) is 11.5 Å². The van der Waals surface area contributed by atoms with Gasteiger partial charge in [-0.3, -0.25) is 9.55 Å². The molecular formula is C38H30N3OPt-. The second kappa shape index (κ2) is 12.0. The molecule has 4 nitrogen and oxygen atoms in total. The number of rotatable bonds is 6. The Morgan fingerprint density at radius 2 is 1.47 bits per heavy atom. The fourth-order valence-corrected chi connectivity index (χ4v) is 5.84. The van der Waals surface area contributed by atoms with Crippen molar-refractivity contribution in [2.45, 2.75) is 20.3 Å². The average Bonchev–Trinajstić information content (AvgIpc) is 3.36. The van der Waals surface area contributed by atoms with Crippen LogP contribution in [0.4, 0.5) is 0 Å². The molecule has 7 rings (SSSR count). The molecule has 7 aromatic rings. The summed E-state index contributed by atoms with van der Waals surface area (Å²) in [4.78, 5) is 9.89. The minimum atomic E-state index is 0. The number of phenols is 1. The Balaban J connectivity index is 0.00000329. The molecule has 0 saturated carbocycles. The summed E-state index contributed by atoms with van der Waals surface area (Å²) in [6.45, 7) is 4.44. The Kier molecular flexibility index (Phi) is 7.97. The van der Waals surface area contributed by atoms with Gasteiger partial charge >= 0.3 is 0 Å². The van der Waals surface area contributed by atoms with Crippen molar-refractivity contribution >= 4 is 21.9 Å². The molecule has 214 valence electrons. The quantitative estimate of drug-likeness (QED) is 0.173. The summed E-state index contributed by atoms with van der Waals surface area (Å²) in [5.41, 5.74) is 8.23. The summed E-state index contributed by atoms with van der Waals surface area (Å²) in [5, 5.41) is 13.7. The second-order valence-corrected chi connectivity index (χ2v) is 11.1. The third-order valence-corrected chi connectivity index (χ3v) is 7.66. The number of fused-ring (bicyclic) bond motifs is 3. The molecule has 0 saturated heterocycles. The molecule has 0 spiro atoms. The number of para-hydroxylation sites is 2. The minimum absolute atomic E-state index is 0. The number of hydrogen-bond acceptors (Lipinski definition) is 3. The number of hydrogen-bond donors (Lipinski definition) is 1. The van der Waals surface area contributed by atoms with Crippen molar-refractivity contribution in [1.29, 1.82) is 0 Å². The molecule has 0 radical (unpaired) electrons. The van der Waals surface area contributed by atoms with Crippen LogP contribution in [-0.2, 0) is 27.5 Å². The first-order chi connectivity index (χ1) is 20.6. The standard InChI is InChI=1S/C38H30N3O.Pt/c1-25(2)21-26-22-28(31-15-8-14-30(37(31)42)27-11-4-3-5-12-27)24-29(23-26)34-17-9-19-36(40-34)41-35-18-7-6-13-32(35)33-16-10-20-39-38(33)41;/h3-20,22-23,25,42H,21H2,1-2H3;/q-1;. The van der Waals surface area contributed by atoms with Gasteiger partial charge in [0, 0.05) is 49.3 Å². The Morgan fingerprint density at radius 1 is 0.744 bits per heavy atom. The first-order valence-electron chi connectivity index (χ1n) is 14.3. The van der Waals surface area contributed by atoms with Gasteiger partial charge in [0.15, 0.2) is 0 Å². The maximum absolute atomic E-state index is 11.5. The molecule has 0 aliphatic carbocycles. The van der Waals surface area contributed by atoms with Crippen molar-refractivity contribution in [3.05, 3.63) is 133 Å². The van der Waals surface area contributed by atoms with E-state index in [9.17, 15) is 5.11 Å². The summed E-state index contributed by atoms with van der Waals surface area (Å²) in [6, 6.07) is 42.4.